The summed E-state index contributed by atoms with van der Waals surface area (Å²) in [7, 11) is 1.68. The number of carbonyl (C=O) groups excluding carboxylic acids is 1. The van der Waals surface area contributed by atoms with E-state index in [9.17, 15) is 4.79 Å². The number of nitrogens with zero attached hydrogens (tertiary/aromatic N) is 3. The van der Waals surface area contributed by atoms with Crippen molar-refractivity contribution in [2.75, 3.05) is 33.3 Å². The smallest absolute Gasteiger partial charge is 0.222 e. The summed E-state index contributed by atoms with van der Waals surface area (Å²) in [6, 6.07) is 8.04. The standard InChI is InChI=1S/C23H31N3O2S.ClH/c1-28-20-9-7-19(8-10-20)21-17-29-22(24-21)16-25-11-13-26(14-12-25)23(27)15-18-5-3-2-4-6-18;/h7-10,17-18H,2-6,11-16H2,1H3;1H. The van der Waals surface area contributed by atoms with E-state index in [4.69, 9.17) is 9.72 Å². The summed E-state index contributed by atoms with van der Waals surface area (Å²) in [4.78, 5) is 21.9. The third kappa shape index (κ3) is 5.96. The van der Waals surface area contributed by atoms with Crippen LogP contribution in [0.4, 0.5) is 0 Å². The van der Waals surface area contributed by atoms with Gasteiger partial charge < -0.3 is 9.64 Å². The largest absolute Gasteiger partial charge is 0.497 e. The van der Waals surface area contributed by atoms with E-state index in [-0.39, 0.29) is 12.4 Å². The van der Waals surface area contributed by atoms with Crippen LogP contribution in [0.2, 0.25) is 0 Å². The van der Waals surface area contributed by atoms with Crippen LogP contribution in [0.5, 0.6) is 5.75 Å². The van der Waals surface area contributed by atoms with Crippen molar-refractivity contribution < 1.29 is 9.53 Å². The van der Waals surface area contributed by atoms with Crippen LogP contribution in [0.3, 0.4) is 0 Å². The zero-order chi connectivity index (χ0) is 20.1. The minimum atomic E-state index is 0. The summed E-state index contributed by atoms with van der Waals surface area (Å²) < 4.78 is 5.23. The van der Waals surface area contributed by atoms with Gasteiger partial charge in [0.2, 0.25) is 5.91 Å². The molecule has 0 atom stereocenters. The minimum absolute atomic E-state index is 0. The maximum absolute atomic E-state index is 12.6. The molecule has 5 nitrogen and oxygen atoms in total. The molecule has 1 aliphatic carbocycles. The third-order valence-corrected chi connectivity index (χ3v) is 7.04. The van der Waals surface area contributed by atoms with Gasteiger partial charge in [0.05, 0.1) is 19.3 Å². The number of amides is 1. The van der Waals surface area contributed by atoms with Crippen molar-refractivity contribution in [1.82, 2.24) is 14.8 Å². The Morgan fingerprint density at radius 2 is 1.80 bits per heavy atom. The highest BCUT2D eigenvalue weighted by atomic mass is 35.5. The molecule has 1 amide bonds. The van der Waals surface area contributed by atoms with Crippen molar-refractivity contribution in [3.8, 4) is 17.0 Å². The number of carbonyl (C=O) groups is 1. The minimum Gasteiger partial charge on any atom is -0.497 e. The Bertz CT molecular complexity index is 797. The van der Waals surface area contributed by atoms with E-state index in [1.165, 1.54) is 32.1 Å². The average Bonchev–Trinajstić information content (AvgIpc) is 3.23. The van der Waals surface area contributed by atoms with Crippen LogP contribution in [0.15, 0.2) is 29.6 Å². The lowest BCUT2D eigenvalue weighted by Gasteiger charge is -2.35. The Kier molecular flexibility index (Phi) is 8.54. The first-order valence-electron chi connectivity index (χ1n) is 10.8. The number of piperazine rings is 1. The predicted octanol–water partition coefficient (Wildman–Crippen LogP) is 4.86. The average molecular weight is 450 g/mol. The molecule has 0 N–H and O–H groups in total. The Hall–Kier alpha value is -1.63. The summed E-state index contributed by atoms with van der Waals surface area (Å²) in [5.41, 5.74) is 2.14. The second-order valence-corrected chi connectivity index (χ2v) is 9.16. The molecule has 7 heteroatoms. The molecule has 0 spiro atoms. The fraction of sp³-hybridized carbons (Fsp3) is 0.565. The number of ether oxygens (including phenoxy) is 1. The highest BCUT2D eigenvalue weighted by Gasteiger charge is 2.24. The van der Waals surface area contributed by atoms with E-state index in [2.05, 4.69) is 15.2 Å². The Labute approximate surface area is 189 Å². The number of thiazole rings is 1. The maximum Gasteiger partial charge on any atom is 0.222 e. The molecule has 2 aliphatic rings. The van der Waals surface area contributed by atoms with Crippen molar-refractivity contribution in [3.05, 3.63) is 34.7 Å². The molecule has 1 aromatic heterocycles. The summed E-state index contributed by atoms with van der Waals surface area (Å²) in [6.45, 7) is 4.44. The van der Waals surface area contributed by atoms with Gasteiger partial charge in [0.15, 0.2) is 0 Å². The van der Waals surface area contributed by atoms with Crippen molar-refractivity contribution in [2.24, 2.45) is 5.92 Å². The molecule has 1 aliphatic heterocycles. The summed E-state index contributed by atoms with van der Waals surface area (Å²) in [5, 5.41) is 3.26. The van der Waals surface area contributed by atoms with E-state index in [1.807, 2.05) is 24.3 Å². The van der Waals surface area contributed by atoms with Gasteiger partial charge in [-0.15, -0.1) is 23.7 Å². The molecule has 1 saturated heterocycles. The molecule has 164 valence electrons. The highest BCUT2D eigenvalue weighted by Crippen LogP contribution is 2.27. The number of hydrogen-bond donors (Lipinski definition) is 0. The van der Waals surface area contributed by atoms with Crippen LogP contribution in [-0.2, 0) is 11.3 Å². The van der Waals surface area contributed by atoms with Crippen molar-refractivity contribution in [2.45, 2.75) is 45.1 Å². The zero-order valence-electron chi connectivity index (χ0n) is 17.7. The summed E-state index contributed by atoms with van der Waals surface area (Å²) in [6.07, 6.45) is 7.20. The van der Waals surface area contributed by atoms with Gasteiger partial charge >= 0.3 is 0 Å². The molecular formula is C23H32ClN3O2S. The Balaban J connectivity index is 0.00000256. The summed E-state index contributed by atoms with van der Waals surface area (Å²) >= 11 is 1.71. The van der Waals surface area contributed by atoms with Gasteiger partial charge in [-0.05, 0) is 43.0 Å². The van der Waals surface area contributed by atoms with Gasteiger partial charge in [-0.2, -0.15) is 0 Å². The van der Waals surface area contributed by atoms with Crippen LogP contribution in [-0.4, -0.2) is 54.0 Å². The molecular weight excluding hydrogens is 418 g/mol. The van der Waals surface area contributed by atoms with Gasteiger partial charge in [0.25, 0.3) is 0 Å². The first-order chi connectivity index (χ1) is 14.2. The molecule has 4 rings (SSSR count). The zero-order valence-corrected chi connectivity index (χ0v) is 19.3. The fourth-order valence-electron chi connectivity index (χ4n) is 4.39. The Morgan fingerprint density at radius 3 is 2.47 bits per heavy atom. The van der Waals surface area contributed by atoms with E-state index < -0.39 is 0 Å². The van der Waals surface area contributed by atoms with Crippen molar-refractivity contribution in [1.29, 1.82) is 0 Å². The second kappa shape index (κ2) is 11.1. The molecule has 1 aromatic carbocycles. The van der Waals surface area contributed by atoms with Crippen LogP contribution in [0.1, 0.15) is 43.5 Å². The highest BCUT2D eigenvalue weighted by molar-refractivity contribution is 7.09. The third-order valence-electron chi connectivity index (χ3n) is 6.21. The number of methoxy groups -OCH3 is 1. The molecule has 0 radical (unpaired) electrons. The maximum atomic E-state index is 12.6. The van der Waals surface area contributed by atoms with E-state index in [0.29, 0.717) is 11.8 Å². The van der Waals surface area contributed by atoms with E-state index >= 15 is 0 Å². The van der Waals surface area contributed by atoms with Crippen LogP contribution >= 0.6 is 23.7 Å². The second-order valence-electron chi connectivity index (χ2n) is 8.22. The quantitative estimate of drug-likeness (QED) is 0.632. The number of benzene rings is 1. The lowest BCUT2D eigenvalue weighted by molar-refractivity contribution is -0.134. The predicted molar refractivity (Wildman–Crippen MR) is 124 cm³/mol. The first-order valence-corrected chi connectivity index (χ1v) is 11.7. The molecule has 0 unspecified atom stereocenters. The molecule has 1 saturated carbocycles. The monoisotopic (exact) mass is 449 g/mol. The van der Waals surface area contributed by atoms with E-state index in [1.54, 1.807) is 18.4 Å². The van der Waals surface area contributed by atoms with Crippen molar-refractivity contribution in [3.63, 3.8) is 0 Å². The molecule has 2 aromatic rings. The lowest BCUT2D eigenvalue weighted by Crippen LogP contribution is -2.48. The normalized spacial score (nSPS) is 18.1. The van der Waals surface area contributed by atoms with Crippen LogP contribution in [0, 0.1) is 5.92 Å². The molecule has 30 heavy (non-hydrogen) atoms. The molecule has 2 fully saturated rings. The van der Waals surface area contributed by atoms with Crippen molar-refractivity contribution >= 4 is 29.7 Å². The first kappa shape index (κ1) is 23.0. The van der Waals surface area contributed by atoms with Crippen LogP contribution in [0.25, 0.3) is 11.3 Å². The molecule has 0 bridgehead atoms. The fourth-order valence-corrected chi connectivity index (χ4v) is 5.24. The van der Waals surface area contributed by atoms with Gasteiger partial charge in [0.1, 0.15) is 10.8 Å². The van der Waals surface area contributed by atoms with Gasteiger partial charge in [-0.3, -0.25) is 9.69 Å². The number of halogens is 1. The van der Waals surface area contributed by atoms with Gasteiger partial charge in [0, 0.05) is 43.5 Å². The van der Waals surface area contributed by atoms with Gasteiger partial charge in [-0.25, -0.2) is 4.98 Å². The molecule has 2 heterocycles. The van der Waals surface area contributed by atoms with Crippen LogP contribution < -0.4 is 4.74 Å². The lowest BCUT2D eigenvalue weighted by atomic mass is 9.86. The van der Waals surface area contributed by atoms with Gasteiger partial charge in [-0.1, -0.05) is 19.3 Å². The summed E-state index contributed by atoms with van der Waals surface area (Å²) in [5.74, 6) is 1.86. The number of rotatable bonds is 6. The number of aromatic nitrogens is 1. The Morgan fingerprint density at radius 1 is 1.10 bits per heavy atom. The SMILES string of the molecule is COc1ccc(-c2csc(CN3CCN(C(=O)CC4CCCCC4)CC3)n2)cc1.Cl. The number of hydrogen-bond acceptors (Lipinski definition) is 5. The topological polar surface area (TPSA) is 45.7 Å². The van der Waals surface area contributed by atoms with E-state index in [0.717, 1.165) is 61.2 Å².